The number of aromatic nitrogens is 3. The molecular formula is C17H19ClN4O2. The van der Waals surface area contributed by atoms with E-state index in [-0.39, 0.29) is 11.9 Å². The third kappa shape index (κ3) is 2.86. The second-order valence-electron chi connectivity index (χ2n) is 6.44. The Morgan fingerprint density at radius 2 is 2.17 bits per heavy atom. The van der Waals surface area contributed by atoms with Crippen LogP contribution in [0.15, 0.2) is 24.4 Å². The molecule has 1 saturated carbocycles. The fourth-order valence-electron chi connectivity index (χ4n) is 3.19. The Bertz CT molecular complexity index is 772. The quantitative estimate of drug-likeness (QED) is 0.854. The van der Waals surface area contributed by atoms with Crippen LogP contribution in [-0.2, 0) is 0 Å². The Kier molecular flexibility index (Phi) is 3.92. The summed E-state index contributed by atoms with van der Waals surface area (Å²) in [6.07, 6.45) is 5.34. The van der Waals surface area contributed by atoms with Crippen molar-refractivity contribution in [3.63, 3.8) is 0 Å². The van der Waals surface area contributed by atoms with Gasteiger partial charge in [-0.15, -0.1) is 5.10 Å². The average Bonchev–Trinajstić information content (AvgIpc) is 3.12. The molecule has 1 atom stereocenters. The van der Waals surface area contributed by atoms with Crippen molar-refractivity contribution in [2.24, 2.45) is 0 Å². The molecule has 1 aliphatic carbocycles. The zero-order chi connectivity index (χ0) is 16.7. The van der Waals surface area contributed by atoms with Gasteiger partial charge in [-0.1, -0.05) is 16.8 Å². The summed E-state index contributed by atoms with van der Waals surface area (Å²) in [4.78, 5) is 14.7. The van der Waals surface area contributed by atoms with E-state index in [1.165, 1.54) is 12.8 Å². The molecule has 24 heavy (non-hydrogen) atoms. The molecule has 0 spiro atoms. The second-order valence-corrected chi connectivity index (χ2v) is 6.87. The van der Waals surface area contributed by atoms with Crippen LogP contribution in [0, 0.1) is 0 Å². The Balaban J connectivity index is 1.49. The van der Waals surface area contributed by atoms with Crippen LogP contribution in [0.2, 0.25) is 5.02 Å². The van der Waals surface area contributed by atoms with Gasteiger partial charge in [-0.2, -0.15) is 0 Å². The van der Waals surface area contributed by atoms with Crippen molar-refractivity contribution < 1.29 is 9.53 Å². The summed E-state index contributed by atoms with van der Waals surface area (Å²) >= 11 is 6.04. The topological polar surface area (TPSA) is 60.2 Å². The van der Waals surface area contributed by atoms with Crippen LogP contribution in [0.4, 0.5) is 0 Å². The Hall–Kier alpha value is -2.08. The second kappa shape index (κ2) is 6.09. The molecule has 2 heterocycles. The molecule has 0 bridgehead atoms. The van der Waals surface area contributed by atoms with Gasteiger partial charge in [0.15, 0.2) is 0 Å². The van der Waals surface area contributed by atoms with Crippen LogP contribution < -0.4 is 4.74 Å². The van der Waals surface area contributed by atoms with Crippen LogP contribution in [0.1, 0.15) is 47.3 Å². The molecule has 1 aliphatic heterocycles. The Morgan fingerprint density at radius 3 is 2.92 bits per heavy atom. The van der Waals surface area contributed by atoms with Crippen LogP contribution in [0.5, 0.6) is 5.75 Å². The van der Waals surface area contributed by atoms with Crippen molar-refractivity contribution in [2.45, 2.75) is 31.2 Å². The van der Waals surface area contributed by atoms with E-state index in [0.717, 1.165) is 12.1 Å². The predicted octanol–water partition coefficient (Wildman–Crippen LogP) is 2.90. The molecule has 0 N–H and O–H groups in total. The Morgan fingerprint density at radius 1 is 1.33 bits per heavy atom. The lowest BCUT2D eigenvalue weighted by atomic mass is 10.1. The number of carbonyl (C=O) groups is 1. The minimum absolute atomic E-state index is 0.0561. The van der Waals surface area contributed by atoms with Crippen molar-refractivity contribution in [3.05, 3.63) is 40.7 Å². The molecule has 2 fully saturated rings. The van der Waals surface area contributed by atoms with Gasteiger partial charge in [0, 0.05) is 30.2 Å². The molecule has 2 aliphatic rings. The molecule has 6 nitrogen and oxygen atoms in total. The molecule has 1 amide bonds. The van der Waals surface area contributed by atoms with E-state index in [2.05, 4.69) is 10.3 Å². The van der Waals surface area contributed by atoms with Crippen LogP contribution >= 0.6 is 11.6 Å². The van der Waals surface area contributed by atoms with Gasteiger partial charge >= 0.3 is 0 Å². The molecule has 4 rings (SSSR count). The van der Waals surface area contributed by atoms with Crippen molar-refractivity contribution in [2.75, 3.05) is 20.2 Å². The zero-order valence-corrected chi connectivity index (χ0v) is 14.2. The first-order chi connectivity index (χ1) is 11.7. The molecule has 1 saturated heterocycles. The molecular weight excluding hydrogens is 328 g/mol. The number of hydrogen-bond donors (Lipinski definition) is 0. The van der Waals surface area contributed by atoms with E-state index in [1.807, 2.05) is 15.8 Å². The normalized spacial score (nSPS) is 20.4. The minimum atomic E-state index is -0.0561. The predicted molar refractivity (Wildman–Crippen MR) is 89.6 cm³/mol. The summed E-state index contributed by atoms with van der Waals surface area (Å²) in [6, 6.07) is 5.29. The average molecular weight is 347 g/mol. The highest BCUT2D eigenvalue weighted by Crippen LogP contribution is 2.39. The molecule has 1 unspecified atom stereocenters. The van der Waals surface area contributed by atoms with E-state index in [9.17, 15) is 4.79 Å². The number of ether oxygens (including phenoxy) is 1. The minimum Gasteiger partial charge on any atom is -0.496 e. The highest BCUT2D eigenvalue weighted by atomic mass is 35.5. The highest BCUT2D eigenvalue weighted by Gasteiger charge is 2.32. The summed E-state index contributed by atoms with van der Waals surface area (Å²) in [5.74, 6) is 1.08. The third-order valence-corrected chi connectivity index (χ3v) is 4.98. The van der Waals surface area contributed by atoms with Gasteiger partial charge in [-0.3, -0.25) is 4.79 Å². The van der Waals surface area contributed by atoms with Crippen molar-refractivity contribution in [3.8, 4) is 5.75 Å². The molecule has 1 aromatic carbocycles. The lowest BCUT2D eigenvalue weighted by Gasteiger charge is -2.18. The van der Waals surface area contributed by atoms with Crippen molar-refractivity contribution in [1.82, 2.24) is 19.9 Å². The number of benzene rings is 1. The zero-order valence-electron chi connectivity index (χ0n) is 13.5. The molecule has 0 radical (unpaired) electrons. The number of likely N-dealkylation sites (tertiary alicyclic amines) is 1. The van der Waals surface area contributed by atoms with Crippen molar-refractivity contribution in [1.29, 1.82) is 0 Å². The molecule has 7 heteroatoms. The lowest BCUT2D eigenvalue weighted by molar-refractivity contribution is 0.0783. The van der Waals surface area contributed by atoms with E-state index >= 15 is 0 Å². The fourth-order valence-corrected chi connectivity index (χ4v) is 3.37. The molecule has 1 aromatic heterocycles. The first-order valence-corrected chi connectivity index (χ1v) is 8.58. The summed E-state index contributed by atoms with van der Waals surface area (Å²) in [7, 11) is 1.56. The summed E-state index contributed by atoms with van der Waals surface area (Å²) in [6.45, 7) is 1.32. The first kappa shape index (κ1) is 15.4. The first-order valence-electron chi connectivity index (χ1n) is 8.20. The SMILES string of the molecule is COc1ccc(Cl)cc1C(=O)N1CCC(n2cc(C3CC3)nn2)C1. The van der Waals surface area contributed by atoms with E-state index in [1.54, 1.807) is 25.3 Å². The maximum absolute atomic E-state index is 12.8. The largest absolute Gasteiger partial charge is 0.496 e. The number of carbonyl (C=O) groups excluding carboxylic acids is 1. The summed E-state index contributed by atoms with van der Waals surface area (Å²) in [5, 5.41) is 9.05. The number of halogens is 1. The van der Waals surface area contributed by atoms with E-state index in [4.69, 9.17) is 16.3 Å². The standard InChI is InChI=1S/C17H19ClN4O2/c1-24-16-5-4-12(18)8-14(16)17(23)21-7-6-13(9-21)22-10-15(19-20-22)11-2-3-11/h4-5,8,10-11,13H,2-3,6-7,9H2,1H3. The molecule has 2 aromatic rings. The van der Waals surface area contributed by atoms with E-state index < -0.39 is 0 Å². The summed E-state index contributed by atoms with van der Waals surface area (Å²) in [5.41, 5.74) is 1.58. The van der Waals surface area contributed by atoms with Crippen LogP contribution in [0.3, 0.4) is 0 Å². The summed E-state index contributed by atoms with van der Waals surface area (Å²) < 4.78 is 7.21. The fraction of sp³-hybridized carbons (Fsp3) is 0.471. The highest BCUT2D eigenvalue weighted by molar-refractivity contribution is 6.31. The van der Waals surface area contributed by atoms with Crippen LogP contribution in [-0.4, -0.2) is 46.0 Å². The number of amides is 1. The van der Waals surface area contributed by atoms with Gasteiger partial charge in [0.25, 0.3) is 5.91 Å². The van der Waals surface area contributed by atoms with Gasteiger partial charge in [0.1, 0.15) is 5.75 Å². The smallest absolute Gasteiger partial charge is 0.257 e. The van der Waals surface area contributed by atoms with E-state index in [0.29, 0.717) is 35.3 Å². The van der Waals surface area contributed by atoms with Gasteiger partial charge in [-0.25, -0.2) is 4.68 Å². The Labute approximate surface area is 145 Å². The monoisotopic (exact) mass is 346 g/mol. The maximum Gasteiger partial charge on any atom is 0.257 e. The van der Waals surface area contributed by atoms with Gasteiger partial charge in [0.2, 0.25) is 0 Å². The molecule has 126 valence electrons. The number of hydrogen-bond acceptors (Lipinski definition) is 4. The third-order valence-electron chi connectivity index (χ3n) is 4.74. The van der Waals surface area contributed by atoms with Crippen molar-refractivity contribution >= 4 is 17.5 Å². The van der Waals surface area contributed by atoms with Gasteiger partial charge in [-0.05, 0) is 37.5 Å². The van der Waals surface area contributed by atoms with Gasteiger partial charge < -0.3 is 9.64 Å². The lowest BCUT2D eigenvalue weighted by Crippen LogP contribution is -2.29. The van der Waals surface area contributed by atoms with Gasteiger partial charge in [0.05, 0.1) is 24.4 Å². The number of methoxy groups -OCH3 is 1. The number of nitrogens with zero attached hydrogens (tertiary/aromatic N) is 4. The maximum atomic E-state index is 12.8. The number of rotatable bonds is 4. The van der Waals surface area contributed by atoms with Crippen LogP contribution in [0.25, 0.3) is 0 Å².